The summed E-state index contributed by atoms with van der Waals surface area (Å²) < 4.78 is 2.60. The van der Waals surface area contributed by atoms with Crippen LogP contribution in [0.15, 0.2) is 188 Å². The van der Waals surface area contributed by atoms with Crippen LogP contribution in [0, 0.1) is 0 Å². The molecule has 8 aromatic carbocycles. The molecule has 0 atom stereocenters. The molecule has 0 aliphatic carbocycles. The van der Waals surface area contributed by atoms with E-state index in [0.29, 0.717) is 0 Å². The second-order valence-corrected chi connectivity index (χ2v) is 13.2. The van der Waals surface area contributed by atoms with Crippen LogP contribution in [0.25, 0.3) is 64.3 Å². The Bertz CT molecular complexity index is 2560. The van der Waals surface area contributed by atoms with E-state index in [1.165, 1.54) is 64.3 Å². The van der Waals surface area contributed by atoms with E-state index < -0.39 is 0 Å². The first-order valence-corrected chi connectivity index (χ1v) is 17.2. The number of hydrogen-bond donors (Lipinski definition) is 0. The molecule has 0 radical (unpaired) electrons. The van der Waals surface area contributed by atoms with Crippen LogP contribution in [0.3, 0.4) is 0 Å². The topological polar surface area (TPSA) is 3.24 Å². The Morgan fingerprint density at radius 1 is 0.333 bits per heavy atom. The summed E-state index contributed by atoms with van der Waals surface area (Å²) in [7, 11) is 0. The zero-order valence-electron chi connectivity index (χ0n) is 26.3. The first-order valence-electron chi connectivity index (χ1n) is 16.3. The molecule has 0 spiro atoms. The summed E-state index contributed by atoms with van der Waals surface area (Å²) in [4.78, 5) is 2.43. The molecule has 9 rings (SSSR count). The van der Waals surface area contributed by atoms with Crippen LogP contribution in [-0.4, -0.2) is 0 Å². The predicted molar refractivity (Wildman–Crippen MR) is 208 cm³/mol. The normalized spacial score (nSPS) is 11.3. The molecule has 0 amide bonds. The summed E-state index contributed by atoms with van der Waals surface area (Å²) in [5, 5.41) is 5.12. The average molecular weight is 630 g/mol. The first-order chi connectivity index (χ1) is 23.8. The van der Waals surface area contributed by atoms with Crippen LogP contribution in [-0.2, 0) is 0 Å². The zero-order chi connectivity index (χ0) is 31.9. The van der Waals surface area contributed by atoms with E-state index in [1.54, 1.807) is 0 Å². The minimum absolute atomic E-state index is 1.12. The molecule has 0 fully saturated rings. The highest BCUT2D eigenvalue weighted by Gasteiger charge is 2.19. The number of anilines is 3. The molecule has 1 aromatic heterocycles. The van der Waals surface area contributed by atoms with Crippen molar-refractivity contribution in [3.8, 4) is 33.4 Å². The van der Waals surface area contributed by atoms with Crippen LogP contribution >= 0.6 is 11.3 Å². The van der Waals surface area contributed by atoms with Gasteiger partial charge in [-0.3, -0.25) is 0 Å². The lowest BCUT2D eigenvalue weighted by Crippen LogP contribution is -2.11. The van der Waals surface area contributed by atoms with E-state index in [2.05, 4.69) is 193 Å². The number of rotatable bonds is 6. The predicted octanol–water partition coefficient (Wildman–Crippen LogP) is 13.7. The van der Waals surface area contributed by atoms with E-state index in [4.69, 9.17) is 0 Å². The lowest BCUT2D eigenvalue weighted by atomic mass is 9.96. The van der Waals surface area contributed by atoms with Gasteiger partial charge in [-0.05, 0) is 75.0 Å². The third kappa shape index (κ3) is 5.04. The Labute approximate surface area is 284 Å². The third-order valence-corrected chi connectivity index (χ3v) is 10.4. The van der Waals surface area contributed by atoms with Gasteiger partial charge in [-0.25, -0.2) is 0 Å². The molecule has 0 aliphatic rings. The summed E-state index contributed by atoms with van der Waals surface area (Å²) in [5.74, 6) is 0. The smallest absolute Gasteiger partial charge is 0.0540 e. The van der Waals surface area contributed by atoms with Crippen LogP contribution in [0.5, 0.6) is 0 Å². The molecule has 48 heavy (non-hydrogen) atoms. The standard InChI is InChI=1S/C46H31NS/c1-2-12-32(13-3-1)33-24-26-35(27-25-33)41-19-6-8-22-44(41)47(38-28-29-43-42-20-7-9-23-45(42)48-46(43)31-38)37-17-10-16-36(30-37)40-21-11-15-34-14-4-5-18-39(34)40/h1-31H. The molecule has 0 aliphatic heterocycles. The van der Waals surface area contributed by atoms with Crippen LogP contribution in [0.2, 0.25) is 0 Å². The lowest BCUT2D eigenvalue weighted by molar-refractivity contribution is 1.29. The number of fused-ring (bicyclic) bond motifs is 4. The number of thiophene rings is 1. The van der Waals surface area contributed by atoms with Crippen LogP contribution in [0.1, 0.15) is 0 Å². The van der Waals surface area contributed by atoms with Crippen molar-refractivity contribution >= 4 is 59.3 Å². The molecule has 1 heterocycles. The highest BCUT2D eigenvalue weighted by molar-refractivity contribution is 7.25. The van der Waals surface area contributed by atoms with Gasteiger partial charge in [0.15, 0.2) is 0 Å². The third-order valence-electron chi connectivity index (χ3n) is 9.27. The van der Waals surface area contributed by atoms with Gasteiger partial charge in [-0.15, -0.1) is 11.3 Å². The molecular weight excluding hydrogens is 599 g/mol. The van der Waals surface area contributed by atoms with E-state index in [0.717, 1.165) is 17.1 Å². The molecule has 1 nitrogen and oxygen atoms in total. The SMILES string of the molecule is c1ccc(-c2ccc(-c3ccccc3N(c3cccc(-c4cccc5ccccc45)c3)c3ccc4c(c3)sc3ccccc34)cc2)cc1. The Hall–Kier alpha value is -5.96. The monoisotopic (exact) mass is 629 g/mol. The van der Waals surface area contributed by atoms with Crippen molar-refractivity contribution in [2.24, 2.45) is 0 Å². The molecule has 0 N–H and O–H groups in total. The fourth-order valence-electron chi connectivity index (χ4n) is 6.96. The van der Waals surface area contributed by atoms with Gasteiger partial charge in [0.25, 0.3) is 0 Å². The minimum atomic E-state index is 1.12. The molecule has 9 aromatic rings. The van der Waals surface area contributed by atoms with Gasteiger partial charge in [-0.2, -0.15) is 0 Å². The molecule has 226 valence electrons. The maximum atomic E-state index is 2.43. The first kappa shape index (κ1) is 28.3. The number of para-hydroxylation sites is 1. The van der Waals surface area contributed by atoms with E-state index >= 15 is 0 Å². The fraction of sp³-hybridized carbons (Fsp3) is 0. The number of hydrogen-bond acceptors (Lipinski definition) is 2. The van der Waals surface area contributed by atoms with E-state index in [1.807, 2.05) is 11.3 Å². The zero-order valence-corrected chi connectivity index (χ0v) is 27.1. The quantitative estimate of drug-likeness (QED) is 0.177. The molecule has 2 heteroatoms. The number of nitrogens with zero attached hydrogens (tertiary/aromatic N) is 1. The largest absolute Gasteiger partial charge is 0.310 e. The highest BCUT2D eigenvalue weighted by Crippen LogP contribution is 2.45. The summed E-state index contributed by atoms with van der Waals surface area (Å²) in [6.07, 6.45) is 0. The Kier molecular flexibility index (Phi) is 7.07. The summed E-state index contributed by atoms with van der Waals surface area (Å²) in [5.41, 5.74) is 10.6. The van der Waals surface area contributed by atoms with Gasteiger partial charge in [0.05, 0.1) is 5.69 Å². The maximum Gasteiger partial charge on any atom is 0.0540 e. The van der Waals surface area contributed by atoms with Gasteiger partial charge in [0.1, 0.15) is 0 Å². The van der Waals surface area contributed by atoms with E-state index in [9.17, 15) is 0 Å². The van der Waals surface area contributed by atoms with Crippen molar-refractivity contribution in [2.75, 3.05) is 4.90 Å². The minimum Gasteiger partial charge on any atom is -0.310 e. The fourth-order valence-corrected chi connectivity index (χ4v) is 8.10. The average Bonchev–Trinajstić information content (AvgIpc) is 3.53. The van der Waals surface area contributed by atoms with Crippen molar-refractivity contribution in [3.05, 3.63) is 188 Å². The second-order valence-electron chi connectivity index (χ2n) is 12.2. The van der Waals surface area contributed by atoms with Gasteiger partial charge >= 0.3 is 0 Å². The summed E-state index contributed by atoms with van der Waals surface area (Å²) in [6.45, 7) is 0. The van der Waals surface area contributed by atoms with Gasteiger partial charge in [-0.1, -0.05) is 152 Å². The van der Waals surface area contributed by atoms with Gasteiger partial charge < -0.3 is 4.90 Å². The van der Waals surface area contributed by atoms with E-state index in [-0.39, 0.29) is 0 Å². The van der Waals surface area contributed by atoms with Crippen molar-refractivity contribution in [3.63, 3.8) is 0 Å². The Balaban J connectivity index is 1.23. The Morgan fingerprint density at radius 3 is 1.83 bits per heavy atom. The summed E-state index contributed by atoms with van der Waals surface area (Å²) in [6, 6.07) is 68.2. The Morgan fingerprint density at radius 2 is 0.938 bits per heavy atom. The lowest BCUT2D eigenvalue weighted by Gasteiger charge is -2.28. The van der Waals surface area contributed by atoms with Crippen molar-refractivity contribution in [1.29, 1.82) is 0 Å². The molecular formula is C46H31NS. The maximum absolute atomic E-state index is 2.43. The molecule has 0 unspecified atom stereocenters. The number of benzene rings is 8. The summed E-state index contributed by atoms with van der Waals surface area (Å²) >= 11 is 1.86. The molecule has 0 saturated carbocycles. The highest BCUT2D eigenvalue weighted by atomic mass is 32.1. The molecule has 0 bridgehead atoms. The van der Waals surface area contributed by atoms with Crippen molar-refractivity contribution in [2.45, 2.75) is 0 Å². The van der Waals surface area contributed by atoms with Crippen molar-refractivity contribution < 1.29 is 0 Å². The molecule has 0 saturated heterocycles. The van der Waals surface area contributed by atoms with Crippen molar-refractivity contribution in [1.82, 2.24) is 0 Å². The second kappa shape index (κ2) is 12.0. The van der Waals surface area contributed by atoms with Gasteiger partial charge in [0.2, 0.25) is 0 Å². The van der Waals surface area contributed by atoms with Crippen LogP contribution < -0.4 is 4.90 Å². The van der Waals surface area contributed by atoms with Gasteiger partial charge in [0, 0.05) is 37.1 Å². The van der Waals surface area contributed by atoms with Crippen LogP contribution in [0.4, 0.5) is 17.1 Å².